The Hall–Kier alpha value is -2.58. The van der Waals surface area contributed by atoms with Crippen molar-refractivity contribution in [1.82, 2.24) is 4.72 Å². The second-order valence-electron chi connectivity index (χ2n) is 5.80. The molecule has 27 heavy (non-hydrogen) atoms. The highest BCUT2D eigenvalue weighted by molar-refractivity contribution is 7.89. The Morgan fingerprint density at radius 1 is 1.04 bits per heavy atom. The highest BCUT2D eigenvalue weighted by Crippen LogP contribution is 2.30. The zero-order valence-electron chi connectivity index (χ0n) is 15.6. The molecule has 0 heterocycles. The lowest BCUT2D eigenvalue weighted by atomic mass is 10.2. The Bertz CT molecular complexity index is 897. The van der Waals surface area contributed by atoms with Gasteiger partial charge in [-0.05, 0) is 36.8 Å². The lowest BCUT2D eigenvalue weighted by Crippen LogP contribution is -2.25. The number of rotatable bonds is 9. The highest BCUT2D eigenvalue weighted by Gasteiger charge is 2.16. The molecule has 0 saturated heterocycles. The molecule has 0 bridgehead atoms. The average molecular weight is 392 g/mol. The van der Waals surface area contributed by atoms with Crippen LogP contribution in [-0.2, 0) is 10.0 Å². The van der Waals surface area contributed by atoms with E-state index in [1.165, 1.54) is 32.4 Å². The van der Waals surface area contributed by atoms with Crippen LogP contribution < -0.4 is 19.5 Å². The van der Waals surface area contributed by atoms with Gasteiger partial charge in [0.2, 0.25) is 10.0 Å². The smallest absolute Gasteiger partial charge is 0.255 e. The molecule has 0 spiro atoms. The summed E-state index contributed by atoms with van der Waals surface area (Å²) in [6, 6.07) is 10.9. The molecule has 0 unspecified atom stereocenters. The van der Waals surface area contributed by atoms with Crippen molar-refractivity contribution in [3.05, 3.63) is 48.0 Å². The van der Waals surface area contributed by atoms with Crippen molar-refractivity contribution >= 4 is 21.6 Å². The van der Waals surface area contributed by atoms with Gasteiger partial charge in [-0.3, -0.25) is 4.79 Å². The Morgan fingerprint density at radius 2 is 1.78 bits per heavy atom. The van der Waals surface area contributed by atoms with E-state index in [-0.39, 0.29) is 10.5 Å². The normalized spacial score (nSPS) is 11.1. The fraction of sp³-hybridized carbons (Fsp3) is 0.316. The number of amides is 1. The minimum atomic E-state index is -3.65. The van der Waals surface area contributed by atoms with Gasteiger partial charge in [0.05, 0.1) is 19.1 Å². The number of ether oxygens (including phenoxy) is 2. The number of hydrogen-bond acceptors (Lipinski definition) is 5. The predicted octanol–water partition coefficient (Wildman–Crippen LogP) is 3.03. The van der Waals surface area contributed by atoms with Crippen LogP contribution in [0.5, 0.6) is 11.5 Å². The number of hydrogen-bond donors (Lipinski definition) is 2. The summed E-state index contributed by atoms with van der Waals surface area (Å²) < 4.78 is 37.5. The quantitative estimate of drug-likeness (QED) is 0.640. The van der Waals surface area contributed by atoms with Crippen LogP contribution in [0, 0.1) is 0 Å². The molecule has 7 nitrogen and oxygen atoms in total. The predicted molar refractivity (Wildman–Crippen MR) is 104 cm³/mol. The average Bonchev–Trinajstić information content (AvgIpc) is 2.68. The summed E-state index contributed by atoms with van der Waals surface area (Å²) in [5.74, 6) is 0.598. The van der Waals surface area contributed by atoms with E-state index in [1.807, 2.05) is 6.92 Å². The Labute approximate surface area is 159 Å². The molecule has 0 saturated carbocycles. The SMILES string of the molecule is CCCCNS(=O)(=O)c1cccc(C(=O)Nc2ccc(OC)c(OC)c2)c1. The number of benzene rings is 2. The molecule has 0 radical (unpaired) electrons. The molecule has 0 atom stereocenters. The summed E-state index contributed by atoms with van der Waals surface area (Å²) in [5, 5.41) is 2.73. The maximum Gasteiger partial charge on any atom is 0.255 e. The van der Waals surface area contributed by atoms with Crippen LogP contribution in [0.25, 0.3) is 0 Å². The van der Waals surface area contributed by atoms with E-state index in [0.717, 1.165) is 12.8 Å². The molecule has 2 rings (SSSR count). The molecule has 146 valence electrons. The molecule has 2 aromatic rings. The van der Waals surface area contributed by atoms with Crippen molar-refractivity contribution in [2.75, 3.05) is 26.1 Å². The minimum absolute atomic E-state index is 0.0542. The van der Waals surface area contributed by atoms with E-state index in [9.17, 15) is 13.2 Å². The van der Waals surface area contributed by atoms with Crippen LogP contribution in [0.3, 0.4) is 0 Å². The van der Waals surface area contributed by atoms with Gasteiger partial charge in [0, 0.05) is 23.9 Å². The molecule has 0 aliphatic carbocycles. The third kappa shape index (κ3) is 5.45. The molecule has 1 amide bonds. The molecule has 2 aromatic carbocycles. The lowest BCUT2D eigenvalue weighted by Gasteiger charge is -2.11. The molecule has 0 fully saturated rings. The van der Waals surface area contributed by atoms with Crippen LogP contribution in [-0.4, -0.2) is 35.1 Å². The molecule has 0 aliphatic rings. The molecule has 0 aliphatic heterocycles. The van der Waals surface area contributed by atoms with E-state index in [1.54, 1.807) is 24.3 Å². The van der Waals surface area contributed by atoms with Gasteiger partial charge in [-0.2, -0.15) is 0 Å². The Morgan fingerprint density at radius 3 is 2.44 bits per heavy atom. The van der Waals surface area contributed by atoms with Gasteiger partial charge < -0.3 is 14.8 Å². The summed E-state index contributed by atoms with van der Waals surface area (Å²) in [6.45, 7) is 2.34. The number of carbonyl (C=O) groups is 1. The van der Waals surface area contributed by atoms with Crippen molar-refractivity contribution in [2.24, 2.45) is 0 Å². The van der Waals surface area contributed by atoms with Gasteiger partial charge in [0.15, 0.2) is 11.5 Å². The summed E-state index contributed by atoms with van der Waals surface area (Å²) >= 11 is 0. The first kappa shape index (κ1) is 20.7. The van der Waals surface area contributed by atoms with Crippen LogP contribution in [0.4, 0.5) is 5.69 Å². The van der Waals surface area contributed by atoms with Gasteiger partial charge in [-0.1, -0.05) is 19.4 Å². The van der Waals surface area contributed by atoms with Crippen molar-refractivity contribution in [3.8, 4) is 11.5 Å². The standard InChI is InChI=1S/C19H24N2O5S/c1-4-5-11-20-27(23,24)16-8-6-7-14(12-16)19(22)21-15-9-10-17(25-2)18(13-15)26-3/h6-10,12-13,20H,4-5,11H2,1-3H3,(H,21,22). The number of unbranched alkanes of at least 4 members (excludes halogenated alkanes) is 1. The number of carbonyl (C=O) groups excluding carboxylic acids is 1. The third-order valence-corrected chi connectivity index (χ3v) is 5.33. The second kappa shape index (κ2) is 9.38. The highest BCUT2D eigenvalue weighted by atomic mass is 32.2. The van der Waals surface area contributed by atoms with Crippen LogP contribution in [0.15, 0.2) is 47.4 Å². The molecule has 2 N–H and O–H groups in total. The first-order valence-electron chi connectivity index (χ1n) is 8.54. The first-order chi connectivity index (χ1) is 12.9. The third-order valence-electron chi connectivity index (χ3n) is 3.87. The van der Waals surface area contributed by atoms with Gasteiger partial charge in [0.1, 0.15) is 0 Å². The molecular weight excluding hydrogens is 368 g/mol. The molecular formula is C19H24N2O5S. The minimum Gasteiger partial charge on any atom is -0.493 e. The van der Waals surface area contributed by atoms with E-state index < -0.39 is 15.9 Å². The number of anilines is 1. The van der Waals surface area contributed by atoms with Gasteiger partial charge >= 0.3 is 0 Å². The van der Waals surface area contributed by atoms with Crippen LogP contribution in [0.1, 0.15) is 30.1 Å². The maximum absolute atomic E-state index is 12.5. The van der Waals surface area contributed by atoms with Gasteiger partial charge in [-0.25, -0.2) is 13.1 Å². The molecule has 0 aromatic heterocycles. The van der Waals surface area contributed by atoms with Crippen molar-refractivity contribution < 1.29 is 22.7 Å². The van der Waals surface area contributed by atoms with Crippen LogP contribution in [0.2, 0.25) is 0 Å². The van der Waals surface area contributed by atoms with E-state index in [2.05, 4.69) is 10.0 Å². The van der Waals surface area contributed by atoms with Gasteiger partial charge in [-0.15, -0.1) is 0 Å². The van der Waals surface area contributed by atoms with Crippen molar-refractivity contribution in [1.29, 1.82) is 0 Å². The zero-order chi connectivity index (χ0) is 19.9. The summed E-state index contributed by atoms with van der Waals surface area (Å²) in [5.41, 5.74) is 0.745. The number of methoxy groups -OCH3 is 2. The van der Waals surface area contributed by atoms with Crippen molar-refractivity contribution in [3.63, 3.8) is 0 Å². The number of sulfonamides is 1. The first-order valence-corrected chi connectivity index (χ1v) is 10.0. The van der Waals surface area contributed by atoms with E-state index in [4.69, 9.17) is 9.47 Å². The fourth-order valence-electron chi connectivity index (χ4n) is 2.39. The summed E-state index contributed by atoms with van der Waals surface area (Å²) in [4.78, 5) is 12.6. The van der Waals surface area contributed by atoms with E-state index >= 15 is 0 Å². The molecule has 8 heteroatoms. The van der Waals surface area contributed by atoms with Crippen molar-refractivity contribution in [2.45, 2.75) is 24.7 Å². The maximum atomic E-state index is 12.5. The van der Waals surface area contributed by atoms with E-state index in [0.29, 0.717) is 23.7 Å². The largest absolute Gasteiger partial charge is 0.493 e. The Balaban J connectivity index is 2.18. The Kier molecular flexibility index (Phi) is 7.20. The second-order valence-corrected chi connectivity index (χ2v) is 7.57. The summed E-state index contributed by atoms with van der Waals surface area (Å²) in [6.07, 6.45) is 1.63. The number of nitrogens with one attached hydrogen (secondary N) is 2. The van der Waals surface area contributed by atoms with Gasteiger partial charge in [0.25, 0.3) is 5.91 Å². The fourth-order valence-corrected chi connectivity index (χ4v) is 3.51. The zero-order valence-corrected chi connectivity index (χ0v) is 16.4. The summed E-state index contributed by atoms with van der Waals surface area (Å²) in [7, 11) is -0.620. The monoisotopic (exact) mass is 392 g/mol. The van der Waals surface area contributed by atoms with Crippen LogP contribution >= 0.6 is 0 Å². The lowest BCUT2D eigenvalue weighted by molar-refractivity contribution is 0.102. The topological polar surface area (TPSA) is 93.7 Å².